The third-order valence-corrected chi connectivity index (χ3v) is 1.53. The number of nitrogens with two attached hydrogens (primary N) is 1. The Morgan fingerprint density at radius 3 is 3.09 bits per heavy atom. The molecule has 1 aromatic heterocycles. The summed E-state index contributed by atoms with van der Waals surface area (Å²) in [5, 5.41) is 9.82. The average molecular weight is 170 g/mol. The zero-order valence-electron chi connectivity index (χ0n) is 6.22. The molecule has 0 unspecified atom stereocenters. The van der Waals surface area contributed by atoms with Crippen LogP contribution in [0.1, 0.15) is 11.3 Å². The van der Waals surface area contributed by atoms with Crippen molar-refractivity contribution in [3.8, 4) is 0 Å². The zero-order chi connectivity index (χ0) is 8.27. The molecular formula is C6H10N4S. The molecule has 60 valence electrons. The molecule has 0 fully saturated rings. The van der Waals surface area contributed by atoms with E-state index in [-0.39, 0.29) is 0 Å². The first kappa shape index (κ1) is 8.00. The lowest BCUT2D eigenvalue weighted by Crippen LogP contribution is -2.28. The number of hydrogen-bond donors (Lipinski definition) is 3. The van der Waals surface area contributed by atoms with E-state index in [1.165, 1.54) is 0 Å². The van der Waals surface area contributed by atoms with Crippen LogP contribution in [0.25, 0.3) is 0 Å². The van der Waals surface area contributed by atoms with Crippen molar-refractivity contribution in [1.82, 2.24) is 15.5 Å². The van der Waals surface area contributed by atoms with Gasteiger partial charge in [-0.2, -0.15) is 5.10 Å². The quantitative estimate of drug-likeness (QED) is 0.549. The molecule has 0 saturated carbocycles. The van der Waals surface area contributed by atoms with Crippen LogP contribution in [0.3, 0.4) is 0 Å². The van der Waals surface area contributed by atoms with Crippen LogP contribution in [0.5, 0.6) is 0 Å². The van der Waals surface area contributed by atoms with Gasteiger partial charge in [-0.05, 0) is 19.1 Å². The molecule has 0 aliphatic carbocycles. The third kappa shape index (κ3) is 2.19. The molecular weight excluding hydrogens is 160 g/mol. The van der Waals surface area contributed by atoms with Gasteiger partial charge in [0.15, 0.2) is 5.11 Å². The van der Waals surface area contributed by atoms with E-state index in [2.05, 4.69) is 27.7 Å². The summed E-state index contributed by atoms with van der Waals surface area (Å²) in [6, 6.07) is 0. The summed E-state index contributed by atoms with van der Waals surface area (Å²) in [5.41, 5.74) is 7.37. The molecule has 11 heavy (non-hydrogen) atoms. The van der Waals surface area contributed by atoms with E-state index in [1.807, 2.05) is 6.92 Å². The van der Waals surface area contributed by atoms with E-state index < -0.39 is 0 Å². The Labute approximate surface area is 70.2 Å². The van der Waals surface area contributed by atoms with Gasteiger partial charge in [-0.3, -0.25) is 5.10 Å². The molecule has 4 N–H and O–H groups in total. The van der Waals surface area contributed by atoms with Crippen LogP contribution in [0.15, 0.2) is 6.20 Å². The van der Waals surface area contributed by atoms with Crippen LogP contribution in [-0.4, -0.2) is 15.3 Å². The van der Waals surface area contributed by atoms with E-state index >= 15 is 0 Å². The molecule has 0 amide bonds. The number of hydrogen-bond acceptors (Lipinski definition) is 2. The largest absolute Gasteiger partial charge is 0.376 e. The number of rotatable bonds is 2. The van der Waals surface area contributed by atoms with E-state index in [1.54, 1.807) is 6.20 Å². The minimum Gasteiger partial charge on any atom is -0.376 e. The van der Waals surface area contributed by atoms with Gasteiger partial charge in [-0.1, -0.05) is 0 Å². The van der Waals surface area contributed by atoms with Crippen molar-refractivity contribution in [2.24, 2.45) is 5.73 Å². The van der Waals surface area contributed by atoms with Crippen molar-refractivity contribution in [2.45, 2.75) is 13.5 Å². The summed E-state index contributed by atoms with van der Waals surface area (Å²) in [4.78, 5) is 0. The SMILES string of the molecule is Cc1[nH]ncc1CNC(N)=S. The van der Waals surface area contributed by atoms with Gasteiger partial charge in [-0.15, -0.1) is 0 Å². The van der Waals surface area contributed by atoms with Crippen molar-refractivity contribution >= 4 is 17.3 Å². The fraction of sp³-hybridized carbons (Fsp3) is 0.333. The number of thiocarbonyl (C=S) groups is 1. The minimum atomic E-state index is 0.311. The van der Waals surface area contributed by atoms with Gasteiger partial charge in [0.2, 0.25) is 0 Å². The lowest BCUT2D eigenvalue weighted by atomic mass is 10.3. The Bertz CT molecular complexity index is 255. The number of aromatic amines is 1. The summed E-state index contributed by atoms with van der Waals surface area (Å²) < 4.78 is 0. The van der Waals surface area contributed by atoms with Gasteiger partial charge in [0, 0.05) is 17.8 Å². The predicted octanol–water partition coefficient (Wildman–Crippen LogP) is 0.0513. The number of nitrogens with zero attached hydrogens (tertiary/aromatic N) is 1. The molecule has 0 aliphatic heterocycles. The summed E-state index contributed by atoms with van der Waals surface area (Å²) in [6.45, 7) is 2.58. The first-order chi connectivity index (χ1) is 5.20. The van der Waals surface area contributed by atoms with Crippen LogP contribution in [0.4, 0.5) is 0 Å². The number of nitrogens with one attached hydrogen (secondary N) is 2. The fourth-order valence-corrected chi connectivity index (χ4v) is 0.808. The smallest absolute Gasteiger partial charge is 0.163 e. The average Bonchev–Trinajstić information content (AvgIpc) is 2.31. The van der Waals surface area contributed by atoms with Crippen molar-refractivity contribution in [3.05, 3.63) is 17.5 Å². The van der Waals surface area contributed by atoms with E-state index in [0.717, 1.165) is 11.3 Å². The molecule has 4 nitrogen and oxygen atoms in total. The second-order valence-electron chi connectivity index (χ2n) is 2.24. The lowest BCUT2D eigenvalue weighted by molar-refractivity contribution is 0.910. The molecule has 0 radical (unpaired) electrons. The van der Waals surface area contributed by atoms with Crippen LogP contribution < -0.4 is 11.1 Å². The summed E-state index contributed by atoms with van der Waals surface area (Å²) >= 11 is 4.65. The van der Waals surface area contributed by atoms with Crippen molar-refractivity contribution < 1.29 is 0 Å². The standard InChI is InChI=1S/C6H10N4S/c1-4-5(3-9-10-4)2-8-6(7)11/h3H,2H2,1H3,(H,9,10)(H3,7,8,11). The van der Waals surface area contributed by atoms with Gasteiger partial charge in [0.25, 0.3) is 0 Å². The maximum atomic E-state index is 5.25. The Hall–Kier alpha value is -1.10. The molecule has 1 aromatic rings. The van der Waals surface area contributed by atoms with Gasteiger partial charge in [0.05, 0.1) is 6.20 Å². The van der Waals surface area contributed by atoms with Crippen molar-refractivity contribution in [1.29, 1.82) is 0 Å². The van der Waals surface area contributed by atoms with Gasteiger partial charge in [-0.25, -0.2) is 0 Å². The van der Waals surface area contributed by atoms with E-state index in [4.69, 9.17) is 5.73 Å². The molecule has 0 bridgehead atoms. The molecule has 1 rings (SSSR count). The highest BCUT2D eigenvalue weighted by Crippen LogP contribution is 2.00. The van der Waals surface area contributed by atoms with E-state index in [9.17, 15) is 0 Å². The third-order valence-electron chi connectivity index (χ3n) is 1.39. The molecule has 0 aliphatic rings. The Morgan fingerprint density at radius 2 is 2.64 bits per heavy atom. The minimum absolute atomic E-state index is 0.311. The Morgan fingerprint density at radius 1 is 1.91 bits per heavy atom. The number of aryl methyl sites for hydroxylation is 1. The Kier molecular flexibility index (Phi) is 2.43. The first-order valence-corrected chi connectivity index (χ1v) is 3.63. The van der Waals surface area contributed by atoms with Gasteiger partial charge < -0.3 is 11.1 Å². The number of aromatic nitrogens is 2. The molecule has 1 heterocycles. The second kappa shape index (κ2) is 3.34. The first-order valence-electron chi connectivity index (χ1n) is 3.22. The monoisotopic (exact) mass is 170 g/mol. The zero-order valence-corrected chi connectivity index (χ0v) is 7.03. The van der Waals surface area contributed by atoms with E-state index in [0.29, 0.717) is 11.7 Å². The van der Waals surface area contributed by atoms with Crippen molar-refractivity contribution in [3.63, 3.8) is 0 Å². The lowest BCUT2D eigenvalue weighted by Gasteiger charge is -2.00. The van der Waals surface area contributed by atoms with Gasteiger partial charge in [0.1, 0.15) is 0 Å². The fourth-order valence-electron chi connectivity index (χ4n) is 0.736. The highest BCUT2D eigenvalue weighted by Gasteiger charge is 1.98. The van der Waals surface area contributed by atoms with Gasteiger partial charge >= 0.3 is 0 Å². The normalized spacial score (nSPS) is 9.55. The molecule has 0 saturated heterocycles. The number of H-pyrrole nitrogens is 1. The molecule has 5 heteroatoms. The maximum Gasteiger partial charge on any atom is 0.163 e. The van der Waals surface area contributed by atoms with Crippen LogP contribution in [0.2, 0.25) is 0 Å². The van der Waals surface area contributed by atoms with Crippen LogP contribution in [-0.2, 0) is 6.54 Å². The summed E-state index contributed by atoms with van der Waals surface area (Å²) in [7, 11) is 0. The molecule has 0 spiro atoms. The topological polar surface area (TPSA) is 66.7 Å². The maximum absolute atomic E-state index is 5.25. The van der Waals surface area contributed by atoms with Crippen LogP contribution in [0, 0.1) is 6.92 Å². The Balaban J connectivity index is 2.51. The highest BCUT2D eigenvalue weighted by molar-refractivity contribution is 7.80. The highest BCUT2D eigenvalue weighted by atomic mass is 32.1. The summed E-state index contributed by atoms with van der Waals surface area (Å²) in [5.74, 6) is 0. The second-order valence-corrected chi connectivity index (χ2v) is 2.68. The predicted molar refractivity (Wildman–Crippen MR) is 46.9 cm³/mol. The van der Waals surface area contributed by atoms with Crippen LogP contribution >= 0.6 is 12.2 Å². The summed E-state index contributed by atoms with van der Waals surface area (Å²) in [6.07, 6.45) is 1.75. The molecule has 0 aromatic carbocycles. The molecule has 0 atom stereocenters. The van der Waals surface area contributed by atoms with Crippen molar-refractivity contribution in [2.75, 3.05) is 0 Å².